The Morgan fingerprint density at radius 1 is 0.574 bits per heavy atom. The fourth-order valence-corrected chi connectivity index (χ4v) is 4.07. The number of ether oxygens (including phenoxy) is 2. The lowest BCUT2D eigenvalue weighted by atomic mass is 9.89. The molecule has 0 aliphatic carbocycles. The highest BCUT2D eigenvalue weighted by Crippen LogP contribution is 2.38. The SMILES string of the molecule is O=C(C=Cc1ccc(O)c(O)c1)OC(C(=O)O)C(OC(=O)C=Cc1cc(O)c(O)c(C(Cc2ccc(O)c(O)c2)C(=O)O)c1)C(=O)O. The average Bonchev–Trinajstić information content (AvgIpc) is 3.00. The Hall–Kier alpha value is -6.71. The quantitative estimate of drug-likeness (QED) is 0.0724. The molecule has 47 heavy (non-hydrogen) atoms. The summed E-state index contributed by atoms with van der Waals surface area (Å²) >= 11 is 0. The van der Waals surface area contributed by atoms with Crippen LogP contribution in [0.15, 0.2) is 60.7 Å². The van der Waals surface area contributed by atoms with Gasteiger partial charge in [0, 0.05) is 17.7 Å². The molecule has 0 aliphatic heterocycles. The number of carbonyl (C=O) groups is 5. The number of phenolic OH excluding ortho intramolecular Hbond substituents is 6. The van der Waals surface area contributed by atoms with E-state index in [1.165, 1.54) is 12.1 Å². The summed E-state index contributed by atoms with van der Waals surface area (Å²) in [5, 5.41) is 87.4. The average molecular weight is 655 g/mol. The molecular weight excluding hydrogens is 628 g/mol. The normalized spacial score (nSPS) is 13.1. The van der Waals surface area contributed by atoms with Crippen LogP contribution in [-0.4, -0.2) is 88.0 Å². The third-order valence-electron chi connectivity index (χ3n) is 6.37. The highest BCUT2D eigenvalue weighted by Gasteiger charge is 2.40. The summed E-state index contributed by atoms with van der Waals surface area (Å²) in [6, 6.07) is 8.97. The minimum Gasteiger partial charge on any atom is -0.504 e. The van der Waals surface area contributed by atoms with E-state index >= 15 is 0 Å². The van der Waals surface area contributed by atoms with Crippen LogP contribution in [0.2, 0.25) is 0 Å². The summed E-state index contributed by atoms with van der Waals surface area (Å²) in [7, 11) is 0. The van der Waals surface area contributed by atoms with E-state index in [4.69, 9.17) is 4.74 Å². The van der Waals surface area contributed by atoms with Crippen LogP contribution in [0.3, 0.4) is 0 Å². The van der Waals surface area contributed by atoms with Gasteiger partial charge < -0.3 is 55.4 Å². The van der Waals surface area contributed by atoms with Crippen molar-refractivity contribution in [1.29, 1.82) is 0 Å². The zero-order valence-corrected chi connectivity index (χ0v) is 23.8. The van der Waals surface area contributed by atoms with Crippen molar-refractivity contribution in [3.8, 4) is 34.5 Å². The first-order valence-corrected chi connectivity index (χ1v) is 13.1. The summed E-state index contributed by atoms with van der Waals surface area (Å²) in [6.07, 6.45) is -2.16. The molecule has 0 aliphatic rings. The number of benzene rings is 3. The maximum Gasteiger partial charge on any atom is 0.349 e. The predicted molar refractivity (Wildman–Crippen MR) is 156 cm³/mol. The molecule has 0 saturated heterocycles. The van der Waals surface area contributed by atoms with Gasteiger partial charge in [-0.05, 0) is 71.7 Å². The second-order valence-electron chi connectivity index (χ2n) is 9.70. The largest absolute Gasteiger partial charge is 0.504 e. The topological polar surface area (TPSA) is 286 Å². The Bertz CT molecular complexity index is 1770. The molecule has 0 amide bonds. The number of phenols is 6. The molecule has 9 N–H and O–H groups in total. The van der Waals surface area contributed by atoms with Gasteiger partial charge in [-0.15, -0.1) is 0 Å². The predicted octanol–water partition coefficient (Wildman–Crippen LogP) is 2.05. The fraction of sp³-hybridized carbons (Fsp3) is 0.129. The van der Waals surface area contributed by atoms with Gasteiger partial charge in [0.1, 0.15) is 0 Å². The zero-order chi connectivity index (χ0) is 35.0. The summed E-state index contributed by atoms with van der Waals surface area (Å²) in [5.41, 5.74) is -0.00616. The molecule has 0 spiro atoms. The standard InChI is InChI=1S/C31H26O16/c32-19-5-1-14(11-21(19)34)3-7-24(37)46-27(30(42)43)28(31(44)45)47-25(38)8-4-16-9-17(26(39)23(36)13-16)18(29(40)41)10-15-2-6-20(33)22(35)12-15/h1-9,11-13,18,27-28,32-36,39H,10H2,(H,40,41)(H,42,43)(H,44,45). The minimum atomic E-state index is -2.55. The molecule has 0 saturated carbocycles. The van der Waals surface area contributed by atoms with Crippen molar-refractivity contribution >= 4 is 42.0 Å². The molecule has 16 nitrogen and oxygen atoms in total. The molecule has 3 aromatic carbocycles. The lowest BCUT2D eigenvalue weighted by molar-refractivity contribution is -0.183. The number of aliphatic carboxylic acids is 3. The van der Waals surface area contributed by atoms with Crippen molar-refractivity contribution in [2.45, 2.75) is 24.5 Å². The summed E-state index contributed by atoms with van der Waals surface area (Å²) < 4.78 is 9.37. The molecular formula is C31H26O16. The molecule has 3 rings (SSSR count). The number of hydrogen-bond acceptors (Lipinski definition) is 13. The number of carboxylic acid groups (broad SMARTS) is 3. The van der Waals surface area contributed by atoms with E-state index in [2.05, 4.69) is 4.74 Å². The maximum atomic E-state index is 12.5. The monoisotopic (exact) mass is 654 g/mol. The Morgan fingerprint density at radius 3 is 1.55 bits per heavy atom. The van der Waals surface area contributed by atoms with E-state index in [1.807, 2.05) is 0 Å². The molecule has 3 atom stereocenters. The van der Waals surface area contributed by atoms with Gasteiger partial charge in [-0.1, -0.05) is 12.1 Å². The smallest absolute Gasteiger partial charge is 0.349 e. The third-order valence-corrected chi connectivity index (χ3v) is 6.37. The van der Waals surface area contributed by atoms with Crippen LogP contribution in [-0.2, 0) is 39.9 Å². The van der Waals surface area contributed by atoms with Crippen molar-refractivity contribution in [1.82, 2.24) is 0 Å². The van der Waals surface area contributed by atoms with Gasteiger partial charge in [0.25, 0.3) is 0 Å². The molecule has 0 aromatic heterocycles. The number of carboxylic acids is 3. The number of esters is 2. The van der Waals surface area contributed by atoms with Crippen molar-refractivity contribution < 1.29 is 79.4 Å². The second kappa shape index (κ2) is 14.8. The van der Waals surface area contributed by atoms with Crippen molar-refractivity contribution in [2.24, 2.45) is 0 Å². The Labute approximate surface area is 263 Å². The lowest BCUT2D eigenvalue weighted by Gasteiger charge is -2.19. The van der Waals surface area contributed by atoms with E-state index in [0.29, 0.717) is 12.2 Å². The van der Waals surface area contributed by atoms with E-state index in [-0.39, 0.29) is 28.7 Å². The highest BCUT2D eigenvalue weighted by molar-refractivity contribution is 5.94. The fourth-order valence-electron chi connectivity index (χ4n) is 4.07. The number of aromatic hydroxyl groups is 6. The van der Waals surface area contributed by atoms with E-state index in [0.717, 1.165) is 48.6 Å². The summed E-state index contributed by atoms with van der Waals surface area (Å²) in [4.78, 5) is 60.2. The van der Waals surface area contributed by atoms with Crippen LogP contribution in [0.1, 0.15) is 28.2 Å². The van der Waals surface area contributed by atoms with Crippen LogP contribution < -0.4 is 0 Å². The third kappa shape index (κ3) is 9.15. The summed E-state index contributed by atoms with van der Waals surface area (Å²) in [5.74, 6) is -13.4. The van der Waals surface area contributed by atoms with Gasteiger partial charge in [-0.2, -0.15) is 0 Å². The van der Waals surface area contributed by atoms with Crippen LogP contribution in [0, 0.1) is 0 Å². The molecule has 16 heteroatoms. The molecule has 0 bridgehead atoms. The van der Waals surface area contributed by atoms with Crippen molar-refractivity contribution in [3.63, 3.8) is 0 Å². The van der Waals surface area contributed by atoms with Crippen LogP contribution in [0.25, 0.3) is 12.2 Å². The Balaban J connectivity index is 1.79. The zero-order valence-electron chi connectivity index (χ0n) is 23.8. The number of rotatable bonds is 13. The van der Waals surface area contributed by atoms with E-state index < -0.39 is 82.5 Å². The van der Waals surface area contributed by atoms with Crippen molar-refractivity contribution in [2.75, 3.05) is 0 Å². The van der Waals surface area contributed by atoms with Crippen molar-refractivity contribution in [3.05, 3.63) is 82.9 Å². The lowest BCUT2D eigenvalue weighted by Crippen LogP contribution is -2.45. The van der Waals surface area contributed by atoms with Gasteiger partial charge in [-0.25, -0.2) is 19.2 Å². The highest BCUT2D eigenvalue weighted by atomic mass is 16.6. The molecule has 3 aromatic rings. The molecule has 0 radical (unpaired) electrons. The number of hydrogen-bond donors (Lipinski definition) is 9. The molecule has 0 fully saturated rings. The molecule has 3 unspecified atom stereocenters. The first-order chi connectivity index (χ1) is 22.1. The van der Waals surface area contributed by atoms with Gasteiger partial charge in [0.05, 0.1) is 5.92 Å². The van der Waals surface area contributed by atoms with Crippen LogP contribution >= 0.6 is 0 Å². The van der Waals surface area contributed by atoms with Gasteiger partial charge in [-0.3, -0.25) is 4.79 Å². The van der Waals surface area contributed by atoms with E-state index in [9.17, 15) is 69.9 Å². The Kier molecular flexibility index (Phi) is 11.0. The van der Waals surface area contributed by atoms with Gasteiger partial charge in [0.15, 0.2) is 34.5 Å². The van der Waals surface area contributed by atoms with E-state index in [1.54, 1.807) is 0 Å². The number of carbonyl (C=O) groups excluding carboxylic acids is 2. The molecule has 0 heterocycles. The Morgan fingerprint density at radius 2 is 1.06 bits per heavy atom. The maximum absolute atomic E-state index is 12.5. The summed E-state index contributed by atoms with van der Waals surface area (Å²) in [6.45, 7) is 0. The second-order valence-corrected chi connectivity index (χ2v) is 9.70. The first kappa shape index (κ1) is 34.8. The van der Waals surface area contributed by atoms with Gasteiger partial charge >= 0.3 is 29.8 Å². The van der Waals surface area contributed by atoms with Crippen LogP contribution in [0.4, 0.5) is 0 Å². The molecule has 246 valence electrons. The minimum absolute atomic E-state index is 0.0921. The van der Waals surface area contributed by atoms with Gasteiger partial charge in [0.2, 0.25) is 12.2 Å². The van der Waals surface area contributed by atoms with Crippen LogP contribution in [0.5, 0.6) is 34.5 Å². The first-order valence-electron chi connectivity index (χ1n) is 13.1.